The molecule has 0 aliphatic carbocycles. The van der Waals surface area contributed by atoms with E-state index in [0.717, 1.165) is 16.9 Å². The summed E-state index contributed by atoms with van der Waals surface area (Å²) in [6.45, 7) is 0. The number of hydrogen-bond acceptors (Lipinski definition) is 8. The molecule has 2 aromatic carbocycles. The van der Waals surface area contributed by atoms with E-state index in [-0.39, 0.29) is 0 Å². The van der Waals surface area contributed by atoms with E-state index in [1.54, 1.807) is 39.7 Å². The summed E-state index contributed by atoms with van der Waals surface area (Å²) in [5.74, 6) is 2.21. The zero-order valence-electron chi connectivity index (χ0n) is 17.5. The fourth-order valence-electron chi connectivity index (χ4n) is 3.10. The highest BCUT2D eigenvalue weighted by atomic mass is 16.6. The summed E-state index contributed by atoms with van der Waals surface area (Å²) in [4.78, 5) is 10.3. The molecule has 3 rings (SSSR count). The predicted molar refractivity (Wildman–Crippen MR) is 114 cm³/mol. The molecule has 158 valence electrons. The van der Waals surface area contributed by atoms with Crippen molar-refractivity contribution in [1.29, 1.82) is 0 Å². The smallest absolute Gasteiger partial charge is 0.203 e. The van der Waals surface area contributed by atoms with Crippen molar-refractivity contribution in [2.45, 2.75) is 0 Å². The number of methoxy groups -OCH3 is 3. The maximum Gasteiger partial charge on any atom is 0.203 e. The first-order valence-electron chi connectivity index (χ1n) is 9.05. The van der Waals surface area contributed by atoms with Crippen LogP contribution in [0.15, 0.2) is 58.3 Å². The largest absolute Gasteiger partial charge is 0.493 e. The number of furan rings is 1. The fraction of sp³-hybridized carbons (Fsp3) is 0.227. The molecule has 8 nitrogen and oxygen atoms in total. The molecule has 0 spiro atoms. The third kappa shape index (κ3) is 4.18. The number of oxime groups is 1. The van der Waals surface area contributed by atoms with E-state index in [1.807, 2.05) is 30.3 Å². The zero-order valence-corrected chi connectivity index (χ0v) is 17.5. The third-order valence-corrected chi connectivity index (χ3v) is 4.41. The predicted octanol–water partition coefficient (Wildman–Crippen LogP) is 4.34. The lowest BCUT2D eigenvalue weighted by Gasteiger charge is -2.17. The first kappa shape index (κ1) is 21.1. The van der Waals surface area contributed by atoms with E-state index >= 15 is 0 Å². The average Bonchev–Trinajstić information content (AvgIpc) is 3.32. The molecule has 0 atom stereocenters. The minimum Gasteiger partial charge on any atom is -0.493 e. The van der Waals surface area contributed by atoms with Crippen molar-refractivity contribution >= 4 is 11.4 Å². The summed E-state index contributed by atoms with van der Waals surface area (Å²) in [5.41, 5.74) is 6.40. The molecule has 0 unspecified atom stereocenters. The lowest BCUT2D eigenvalue weighted by molar-refractivity contribution is 0.214. The summed E-state index contributed by atoms with van der Waals surface area (Å²) in [6.07, 6.45) is 1.62. The van der Waals surface area contributed by atoms with Gasteiger partial charge in [0.2, 0.25) is 5.75 Å². The van der Waals surface area contributed by atoms with Crippen molar-refractivity contribution in [2.24, 2.45) is 5.16 Å². The minimum atomic E-state index is 0.486. The Hall–Kier alpha value is -3.65. The summed E-state index contributed by atoms with van der Waals surface area (Å²) < 4.78 is 21.9. The SMILES string of the molecule is CO/N=C(\c1cc(OC)c(OC)c(OC)c1)c1cc(-c2ccco2)ccc1NOC. The van der Waals surface area contributed by atoms with Crippen molar-refractivity contribution in [3.8, 4) is 28.6 Å². The molecule has 3 aromatic rings. The van der Waals surface area contributed by atoms with Crippen LogP contribution in [-0.2, 0) is 9.68 Å². The maximum absolute atomic E-state index is 5.54. The molecule has 30 heavy (non-hydrogen) atoms. The Balaban J connectivity index is 2.22. The molecule has 0 aliphatic heterocycles. The fourth-order valence-corrected chi connectivity index (χ4v) is 3.10. The van der Waals surface area contributed by atoms with Gasteiger partial charge in [0.15, 0.2) is 11.5 Å². The second-order valence-electron chi connectivity index (χ2n) is 6.08. The van der Waals surface area contributed by atoms with E-state index in [4.69, 9.17) is 28.3 Å². The van der Waals surface area contributed by atoms with Gasteiger partial charge in [-0.1, -0.05) is 5.16 Å². The Morgan fingerprint density at radius 2 is 1.63 bits per heavy atom. The number of benzene rings is 2. The van der Waals surface area contributed by atoms with E-state index in [1.165, 1.54) is 14.2 Å². The molecule has 1 heterocycles. The molecule has 1 aromatic heterocycles. The van der Waals surface area contributed by atoms with Crippen molar-refractivity contribution in [1.82, 2.24) is 0 Å². The summed E-state index contributed by atoms with van der Waals surface area (Å²) in [5, 5.41) is 4.27. The minimum absolute atomic E-state index is 0.486. The maximum atomic E-state index is 5.54. The van der Waals surface area contributed by atoms with E-state index in [0.29, 0.717) is 34.2 Å². The van der Waals surface area contributed by atoms with Gasteiger partial charge in [0.1, 0.15) is 18.6 Å². The molecular weight excluding hydrogens is 388 g/mol. The lowest BCUT2D eigenvalue weighted by atomic mass is 9.97. The molecule has 1 N–H and O–H groups in total. The van der Waals surface area contributed by atoms with E-state index < -0.39 is 0 Å². The topological polar surface area (TPSA) is 83.7 Å². The highest BCUT2D eigenvalue weighted by molar-refractivity contribution is 6.16. The molecule has 8 heteroatoms. The zero-order chi connectivity index (χ0) is 21.5. The number of nitrogens with zero attached hydrogens (tertiary/aromatic N) is 1. The van der Waals surface area contributed by atoms with Gasteiger partial charge in [-0.25, -0.2) is 0 Å². The Labute approximate surface area is 174 Å². The van der Waals surface area contributed by atoms with Crippen molar-refractivity contribution < 1.29 is 28.3 Å². The summed E-state index contributed by atoms with van der Waals surface area (Å²) >= 11 is 0. The van der Waals surface area contributed by atoms with Gasteiger partial charge in [0, 0.05) is 16.7 Å². The molecule has 0 amide bonds. The van der Waals surface area contributed by atoms with Gasteiger partial charge in [-0.2, -0.15) is 0 Å². The molecule has 0 fully saturated rings. The standard InChI is InChI=1S/C22H24N2O6/c1-25-19-12-15(13-20(26-2)22(19)27-3)21(24-29-5)16-11-14(18-7-6-10-30-18)8-9-17(16)23-28-4/h6-13,23H,1-5H3/b24-21+. The summed E-state index contributed by atoms with van der Waals surface area (Å²) in [7, 11) is 7.69. The monoisotopic (exact) mass is 412 g/mol. The van der Waals surface area contributed by atoms with E-state index in [9.17, 15) is 0 Å². The van der Waals surface area contributed by atoms with Crippen LogP contribution in [0, 0.1) is 0 Å². The Bertz CT molecular complexity index is 989. The summed E-state index contributed by atoms with van der Waals surface area (Å²) in [6, 6.07) is 13.0. The van der Waals surface area contributed by atoms with Crippen LogP contribution in [0.1, 0.15) is 11.1 Å². The molecule has 0 saturated carbocycles. The van der Waals surface area contributed by atoms with Crippen LogP contribution < -0.4 is 19.7 Å². The highest BCUT2D eigenvalue weighted by Crippen LogP contribution is 2.39. The molecule has 0 radical (unpaired) electrons. The van der Waals surface area contributed by atoms with Crippen LogP contribution >= 0.6 is 0 Å². The molecular formula is C22H24N2O6. The third-order valence-electron chi connectivity index (χ3n) is 4.41. The van der Waals surface area contributed by atoms with Gasteiger partial charge >= 0.3 is 0 Å². The van der Waals surface area contributed by atoms with Crippen LogP contribution in [0.5, 0.6) is 17.2 Å². The quantitative estimate of drug-likeness (QED) is 0.413. The van der Waals surface area contributed by atoms with Crippen molar-refractivity contribution in [3.05, 3.63) is 59.9 Å². The number of rotatable bonds is 9. The highest BCUT2D eigenvalue weighted by Gasteiger charge is 2.20. The van der Waals surface area contributed by atoms with Crippen LogP contribution in [0.3, 0.4) is 0 Å². The van der Waals surface area contributed by atoms with Crippen molar-refractivity contribution in [2.75, 3.05) is 41.0 Å². The van der Waals surface area contributed by atoms with Crippen LogP contribution in [0.2, 0.25) is 0 Å². The van der Waals surface area contributed by atoms with Crippen molar-refractivity contribution in [3.63, 3.8) is 0 Å². The first-order chi connectivity index (χ1) is 14.7. The number of nitrogens with one attached hydrogen (secondary N) is 1. The molecule has 0 aliphatic rings. The number of anilines is 1. The lowest BCUT2D eigenvalue weighted by Crippen LogP contribution is -2.10. The van der Waals surface area contributed by atoms with Gasteiger partial charge in [-0.3, -0.25) is 10.3 Å². The number of hydrogen-bond donors (Lipinski definition) is 1. The first-order valence-corrected chi connectivity index (χ1v) is 9.05. The molecule has 0 bridgehead atoms. The second kappa shape index (κ2) is 9.71. The number of ether oxygens (including phenoxy) is 3. The molecule has 0 saturated heterocycles. The second-order valence-corrected chi connectivity index (χ2v) is 6.08. The van der Waals surface area contributed by atoms with Crippen LogP contribution in [-0.4, -0.2) is 41.3 Å². The van der Waals surface area contributed by atoms with Gasteiger partial charge in [0.25, 0.3) is 0 Å². The Kier molecular flexibility index (Phi) is 6.82. The van der Waals surface area contributed by atoms with Crippen LogP contribution in [0.25, 0.3) is 11.3 Å². The normalized spacial score (nSPS) is 11.2. The van der Waals surface area contributed by atoms with Gasteiger partial charge in [-0.05, 0) is 42.5 Å². The van der Waals surface area contributed by atoms with Gasteiger partial charge < -0.3 is 23.5 Å². The van der Waals surface area contributed by atoms with Gasteiger partial charge in [-0.15, -0.1) is 0 Å². The van der Waals surface area contributed by atoms with E-state index in [2.05, 4.69) is 10.6 Å². The van der Waals surface area contributed by atoms with Crippen LogP contribution in [0.4, 0.5) is 5.69 Å². The average molecular weight is 412 g/mol. The Morgan fingerprint density at radius 1 is 0.900 bits per heavy atom. The van der Waals surface area contributed by atoms with Gasteiger partial charge in [0.05, 0.1) is 40.4 Å². The Morgan fingerprint density at radius 3 is 2.17 bits per heavy atom.